The topological polar surface area (TPSA) is 76.6 Å². The fourth-order valence-electron chi connectivity index (χ4n) is 3.44. The van der Waals surface area contributed by atoms with E-state index < -0.39 is 0 Å². The summed E-state index contributed by atoms with van der Waals surface area (Å²) in [5.41, 5.74) is 1.29. The van der Waals surface area contributed by atoms with Crippen molar-refractivity contribution in [3.8, 4) is 11.4 Å². The van der Waals surface area contributed by atoms with E-state index >= 15 is 0 Å². The number of hydrogen-bond donors (Lipinski definition) is 1. The summed E-state index contributed by atoms with van der Waals surface area (Å²) in [5.74, 6) is 0.647. The van der Waals surface area contributed by atoms with Crippen LogP contribution in [0.4, 0.5) is 0 Å². The van der Waals surface area contributed by atoms with Crippen LogP contribution in [0, 0.1) is 0 Å². The summed E-state index contributed by atoms with van der Waals surface area (Å²) in [6.07, 6.45) is 0. The quantitative estimate of drug-likeness (QED) is 0.740. The third kappa shape index (κ3) is 4.05. The minimum Gasteiger partial charge on any atom is -0.488 e. The highest BCUT2D eigenvalue weighted by molar-refractivity contribution is 5.97. The first-order valence-corrected chi connectivity index (χ1v) is 9.73. The number of aromatic nitrogens is 2. The molecule has 0 atom stereocenters. The molecule has 1 saturated heterocycles. The van der Waals surface area contributed by atoms with Crippen molar-refractivity contribution in [1.29, 1.82) is 0 Å². The molecule has 0 bridgehead atoms. The number of carbonyl (C=O) groups excluding carboxylic acids is 1. The molecule has 1 aliphatic heterocycles. The van der Waals surface area contributed by atoms with E-state index in [-0.39, 0.29) is 17.1 Å². The van der Waals surface area contributed by atoms with Gasteiger partial charge in [0.25, 0.3) is 11.5 Å². The zero-order valence-corrected chi connectivity index (χ0v) is 16.9. The van der Waals surface area contributed by atoms with E-state index in [9.17, 15) is 9.59 Å². The van der Waals surface area contributed by atoms with Gasteiger partial charge in [-0.05, 0) is 57.2 Å². The van der Waals surface area contributed by atoms with Crippen LogP contribution in [0.1, 0.15) is 31.3 Å². The van der Waals surface area contributed by atoms with Crippen LogP contribution < -0.4 is 10.3 Å². The molecular formula is C22H25N3O4. The van der Waals surface area contributed by atoms with Crippen molar-refractivity contribution in [2.45, 2.75) is 26.4 Å². The van der Waals surface area contributed by atoms with Gasteiger partial charge in [0.1, 0.15) is 22.7 Å². The van der Waals surface area contributed by atoms with E-state index in [0.717, 1.165) is 11.1 Å². The number of pyridine rings is 1. The Balaban J connectivity index is 1.71. The Morgan fingerprint density at radius 3 is 2.41 bits per heavy atom. The summed E-state index contributed by atoms with van der Waals surface area (Å²) in [6.45, 7) is 8.17. The minimum absolute atomic E-state index is 0.0857. The Morgan fingerprint density at radius 1 is 1.07 bits per heavy atom. The predicted octanol–water partition coefficient (Wildman–Crippen LogP) is 2.97. The minimum atomic E-state index is -0.299. The van der Waals surface area contributed by atoms with Crippen molar-refractivity contribution in [2.24, 2.45) is 0 Å². The Morgan fingerprint density at radius 2 is 1.76 bits per heavy atom. The lowest BCUT2D eigenvalue weighted by Crippen LogP contribution is -2.40. The maximum Gasteiger partial charge on any atom is 0.270 e. The highest BCUT2D eigenvalue weighted by Crippen LogP contribution is 2.22. The second-order valence-electron chi connectivity index (χ2n) is 8.11. The van der Waals surface area contributed by atoms with Crippen molar-refractivity contribution in [1.82, 2.24) is 14.5 Å². The van der Waals surface area contributed by atoms with Gasteiger partial charge < -0.3 is 19.4 Å². The third-order valence-corrected chi connectivity index (χ3v) is 4.72. The van der Waals surface area contributed by atoms with E-state index in [2.05, 4.69) is 4.98 Å². The molecular weight excluding hydrogens is 370 g/mol. The Hall–Kier alpha value is -3.06. The van der Waals surface area contributed by atoms with E-state index in [1.54, 1.807) is 21.6 Å². The van der Waals surface area contributed by atoms with Crippen LogP contribution in [0.2, 0.25) is 0 Å². The van der Waals surface area contributed by atoms with Crippen LogP contribution in [-0.4, -0.2) is 52.3 Å². The average Bonchev–Trinajstić information content (AvgIpc) is 3.12. The number of nitrogens with one attached hydrogen (secondary N) is 1. The number of hydrogen-bond acceptors (Lipinski definition) is 4. The Labute approximate surface area is 168 Å². The molecule has 7 nitrogen and oxygen atoms in total. The Kier molecular flexibility index (Phi) is 4.92. The lowest BCUT2D eigenvalue weighted by atomic mass is 10.2. The molecule has 1 aliphatic rings. The molecule has 1 N–H and O–H groups in total. The molecule has 3 heterocycles. The van der Waals surface area contributed by atoms with Gasteiger partial charge in [-0.2, -0.15) is 0 Å². The number of benzene rings is 1. The first-order chi connectivity index (χ1) is 13.8. The van der Waals surface area contributed by atoms with E-state index in [4.69, 9.17) is 9.47 Å². The molecule has 7 heteroatoms. The van der Waals surface area contributed by atoms with E-state index in [1.807, 2.05) is 45.0 Å². The van der Waals surface area contributed by atoms with Gasteiger partial charge in [0.2, 0.25) is 0 Å². The van der Waals surface area contributed by atoms with Gasteiger partial charge in [0.15, 0.2) is 0 Å². The molecule has 0 radical (unpaired) electrons. The maximum atomic E-state index is 12.8. The van der Waals surface area contributed by atoms with Crippen molar-refractivity contribution in [2.75, 3.05) is 26.3 Å². The van der Waals surface area contributed by atoms with Crippen LogP contribution in [-0.2, 0) is 4.74 Å². The van der Waals surface area contributed by atoms with Crippen molar-refractivity contribution in [3.05, 3.63) is 58.5 Å². The van der Waals surface area contributed by atoms with E-state index in [0.29, 0.717) is 43.3 Å². The number of fused-ring (bicyclic) bond motifs is 1. The summed E-state index contributed by atoms with van der Waals surface area (Å²) in [7, 11) is 0. The predicted molar refractivity (Wildman–Crippen MR) is 111 cm³/mol. The highest BCUT2D eigenvalue weighted by atomic mass is 16.5. The number of rotatable bonds is 3. The second kappa shape index (κ2) is 7.40. The zero-order valence-electron chi connectivity index (χ0n) is 16.9. The van der Waals surface area contributed by atoms with Gasteiger partial charge in [0, 0.05) is 24.5 Å². The van der Waals surface area contributed by atoms with Crippen LogP contribution in [0.5, 0.6) is 5.75 Å². The van der Waals surface area contributed by atoms with Crippen molar-refractivity contribution < 1.29 is 14.3 Å². The summed E-state index contributed by atoms with van der Waals surface area (Å²) in [6, 6.07) is 12.4. The number of amides is 1. The van der Waals surface area contributed by atoms with Gasteiger partial charge in [-0.25, -0.2) is 0 Å². The third-order valence-electron chi connectivity index (χ3n) is 4.72. The molecule has 0 unspecified atom stereocenters. The highest BCUT2D eigenvalue weighted by Gasteiger charge is 2.21. The van der Waals surface area contributed by atoms with Crippen molar-refractivity contribution >= 4 is 16.9 Å². The molecule has 1 fully saturated rings. The second-order valence-corrected chi connectivity index (χ2v) is 8.11. The molecule has 152 valence electrons. The van der Waals surface area contributed by atoms with Crippen LogP contribution in [0.25, 0.3) is 16.7 Å². The normalized spacial score (nSPS) is 14.9. The van der Waals surface area contributed by atoms with Crippen LogP contribution >= 0.6 is 0 Å². The lowest BCUT2D eigenvalue weighted by molar-refractivity contribution is 0.0299. The monoisotopic (exact) mass is 395 g/mol. The molecule has 0 aliphatic carbocycles. The van der Waals surface area contributed by atoms with E-state index in [1.165, 1.54) is 6.07 Å². The zero-order chi connectivity index (χ0) is 20.6. The summed E-state index contributed by atoms with van der Waals surface area (Å²) in [5, 5.41) is 0.802. The Bertz CT molecular complexity index is 1080. The molecule has 0 saturated carbocycles. The molecule has 4 rings (SSSR count). The molecule has 29 heavy (non-hydrogen) atoms. The SMILES string of the molecule is CC(C)(C)Oc1ccc(-n2c(=O)ccc3cc(C(=O)N4CCOCC4)[nH]c32)cc1. The number of H-pyrrole nitrogens is 1. The van der Waals surface area contributed by atoms with Crippen LogP contribution in [0.15, 0.2) is 47.3 Å². The van der Waals surface area contributed by atoms with Gasteiger partial charge in [-0.1, -0.05) is 0 Å². The smallest absolute Gasteiger partial charge is 0.270 e. The largest absolute Gasteiger partial charge is 0.488 e. The number of nitrogens with zero attached hydrogens (tertiary/aromatic N) is 2. The van der Waals surface area contributed by atoms with Gasteiger partial charge in [-0.15, -0.1) is 0 Å². The molecule has 1 amide bonds. The van der Waals surface area contributed by atoms with Gasteiger partial charge in [0.05, 0.1) is 18.9 Å². The lowest BCUT2D eigenvalue weighted by Gasteiger charge is -2.26. The first kappa shape index (κ1) is 19.3. The number of aromatic amines is 1. The summed E-state index contributed by atoms with van der Waals surface area (Å²) in [4.78, 5) is 30.4. The number of carbonyl (C=O) groups is 1. The number of morpholine rings is 1. The van der Waals surface area contributed by atoms with Gasteiger partial charge in [-0.3, -0.25) is 14.2 Å². The molecule has 1 aromatic carbocycles. The molecule has 2 aromatic heterocycles. The number of ether oxygens (including phenoxy) is 2. The fourth-order valence-corrected chi connectivity index (χ4v) is 3.44. The molecule has 3 aromatic rings. The van der Waals surface area contributed by atoms with Gasteiger partial charge >= 0.3 is 0 Å². The fraction of sp³-hybridized carbons (Fsp3) is 0.364. The standard InChI is InChI=1S/C22H25N3O4/c1-22(2,3)29-17-7-5-16(6-8-17)25-19(26)9-4-15-14-18(23-20(15)25)21(27)24-10-12-28-13-11-24/h4-9,14,23H,10-13H2,1-3H3. The first-order valence-electron chi connectivity index (χ1n) is 9.73. The van der Waals surface area contributed by atoms with Crippen molar-refractivity contribution in [3.63, 3.8) is 0 Å². The van der Waals surface area contributed by atoms with Crippen LogP contribution in [0.3, 0.4) is 0 Å². The summed E-state index contributed by atoms with van der Waals surface area (Å²) >= 11 is 0. The summed E-state index contributed by atoms with van der Waals surface area (Å²) < 4.78 is 12.8. The average molecular weight is 395 g/mol. The molecule has 0 spiro atoms. The maximum absolute atomic E-state index is 12.8.